The molecule has 0 saturated heterocycles. The van der Waals surface area contributed by atoms with E-state index in [1.165, 1.54) is 22.3 Å². The number of anilines is 4. The van der Waals surface area contributed by atoms with Crippen molar-refractivity contribution in [2.24, 2.45) is 0 Å². The summed E-state index contributed by atoms with van der Waals surface area (Å²) in [6.45, 7) is 4.30. The molecule has 0 atom stereocenters. The molecule has 0 amide bonds. The van der Waals surface area contributed by atoms with E-state index in [2.05, 4.69) is 85.1 Å². The quantitative estimate of drug-likeness (QED) is 0.270. The summed E-state index contributed by atoms with van der Waals surface area (Å²) in [7, 11) is 3.41. The Balaban J connectivity index is 1.51. The van der Waals surface area contributed by atoms with Gasteiger partial charge in [0.25, 0.3) is 0 Å². The number of ether oxygens (including phenoxy) is 2. The molecular weight excluding hydrogens is 420 g/mol. The van der Waals surface area contributed by atoms with Gasteiger partial charge < -0.3 is 20.1 Å². The topological polar surface area (TPSA) is 42.5 Å². The van der Waals surface area contributed by atoms with E-state index < -0.39 is 0 Å². The Kier molecular flexibility index (Phi) is 7.38. The predicted octanol–water partition coefficient (Wildman–Crippen LogP) is 7.98. The van der Waals surface area contributed by atoms with Crippen LogP contribution in [0, 0.1) is 0 Å². The van der Waals surface area contributed by atoms with Crippen LogP contribution in [-0.4, -0.2) is 14.2 Å². The first-order valence-corrected chi connectivity index (χ1v) is 11.7. The van der Waals surface area contributed by atoms with Crippen LogP contribution in [0.1, 0.15) is 25.0 Å². The molecule has 0 unspecified atom stereocenters. The molecule has 0 heterocycles. The molecule has 0 aliphatic rings. The molecule has 0 aliphatic heterocycles. The monoisotopic (exact) mass is 452 g/mol. The van der Waals surface area contributed by atoms with E-state index in [9.17, 15) is 0 Å². The van der Waals surface area contributed by atoms with E-state index in [1.54, 1.807) is 14.2 Å². The molecule has 0 aromatic heterocycles. The third-order valence-corrected chi connectivity index (χ3v) is 6.07. The lowest BCUT2D eigenvalue weighted by Gasteiger charge is -2.16. The Morgan fingerprint density at radius 2 is 0.912 bits per heavy atom. The zero-order valence-electron chi connectivity index (χ0n) is 20.3. The Morgan fingerprint density at radius 3 is 1.24 bits per heavy atom. The Morgan fingerprint density at radius 1 is 0.529 bits per heavy atom. The van der Waals surface area contributed by atoms with Crippen molar-refractivity contribution in [3.8, 4) is 22.6 Å². The minimum Gasteiger partial charge on any atom is -0.495 e. The van der Waals surface area contributed by atoms with Crippen molar-refractivity contribution >= 4 is 22.7 Å². The van der Waals surface area contributed by atoms with Crippen LogP contribution >= 0.6 is 0 Å². The first kappa shape index (κ1) is 23.2. The number of methoxy groups -OCH3 is 2. The van der Waals surface area contributed by atoms with Gasteiger partial charge in [-0.3, -0.25) is 0 Å². The number of aryl methyl sites for hydroxylation is 2. The molecule has 0 fully saturated rings. The van der Waals surface area contributed by atoms with Crippen LogP contribution in [0.5, 0.6) is 11.5 Å². The van der Waals surface area contributed by atoms with Crippen molar-refractivity contribution in [3.05, 3.63) is 96.1 Å². The Hall–Kier alpha value is -3.92. The van der Waals surface area contributed by atoms with E-state index in [1.807, 2.05) is 24.3 Å². The maximum Gasteiger partial charge on any atom is 0.142 e. The number of hydrogen-bond donors (Lipinski definition) is 2. The number of para-hydroxylation sites is 2. The van der Waals surface area contributed by atoms with Crippen LogP contribution in [0.15, 0.2) is 84.9 Å². The van der Waals surface area contributed by atoms with Crippen molar-refractivity contribution < 1.29 is 9.47 Å². The van der Waals surface area contributed by atoms with Crippen molar-refractivity contribution in [2.45, 2.75) is 26.7 Å². The average molecular weight is 453 g/mol. The van der Waals surface area contributed by atoms with E-state index in [0.717, 1.165) is 47.1 Å². The first-order chi connectivity index (χ1) is 16.7. The van der Waals surface area contributed by atoms with Crippen molar-refractivity contribution in [1.29, 1.82) is 0 Å². The van der Waals surface area contributed by atoms with Crippen molar-refractivity contribution in [1.82, 2.24) is 0 Å². The molecule has 4 heteroatoms. The smallest absolute Gasteiger partial charge is 0.142 e. The molecule has 0 radical (unpaired) electrons. The summed E-state index contributed by atoms with van der Waals surface area (Å²) < 4.78 is 11.1. The summed E-state index contributed by atoms with van der Waals surface area (Å²) in [5.74, 6) is 1.71. The Bertz CT molecular complexity index is 1090. The van der Waals surface area contributed by atoms with E-state index in [0.29, 0.717) is 0 Å². The minimum absolute atomic E-state index is 0.854. The van der Waals surface area contributed by atoms with Crippen LogP contribution in [0.2, 0.25) is 0 Å². The summed E-state index contributed by atoms with van der Waals surface area (Å²) in [6, 6.07) is 29.3. The molecule has 0 bridgehead atoms. The minimum atomic E-state index is 0.854. The normalized spacial score (nSPS) is 10.6. The van der Waals surface area contributed by atoms with Gasteiger partial charge in [-0.2, -0.15) is 0 Å². The second kappa shape index (κ2) is 10.8. The third-order valence-electron chi connectivity index (χ3n) is 6.07. The van der Waals surface area contributed by atoms with E-state index >= 15 is 0 Å². The lowest BCUT2D eigenvalue weighted by atomic mass is 10.0. The summed E-state index contributed by atoms with van der Waals surface area (Å²) >= 11 is 0. The second-order valence-corrected chi connectivity index (χ2v) is 8.10. The van der Waals surface area contributed by atoms with E-state index in [-0.39, 0.29) is 0 Å². The molecule has 4 aromatic rings. The molecule has 174 valence electrons. The summed E-state index contributed by atoms with van der Waals surface area (Å²) in [4.78, 5) is 0. The van der Waals surface area contributed by atoms with Crippen LogP contribution < -0.4 is 20.1 Å². The highest BCUT2D eigenvalue weighted by Gasteiger charge is 2.10. The zero-order chi connectivity index (χ0) is 23.9. The maximum absolute atomic E-state index is 5.56. The fourth-order valence-electron chi connectivity index (χ4n) is 4.15. The number of hydrogen-bond acceptors (Lipinski definition) is 4. The van der Waals surface area contributed by atoms with Gasteiger partial charge in [-0.15, -0.1) is 0 Å². The van der Waals surface area contributed by atoms with Gasteiger partial charge in [0.1, 0.15) is 11.5 Å². The molecule has 34 heavy (non-hydrogen) atoms. The maximum atomic E-state index is 5.56. The highest BCUT2D eigenvalue weighted by atomic mass is 16.5. The molecule has 0 saturated carbocycles. The molecule has 0 spiro atoms. The largest absolute Gasteiger partial charge is 0.495 e. The fourth-order valence-corrected chi connectivity index (χ4v) is 4.15. The number of benzene rings is 4. The second-order valence-electron chi connectivity index (χ2n) is 8.10. The standard InChI is InChI=1S/C30H32N2O2/c1-5-21-9-7-11-27(33-3)29(21)31-25-17-13-23(14-18-25)24-15-19-26(20-16-24)32-30-22(6-2)10-8-12-28(30)34-4/h7-20,31-32H,5-6H2,1-4H3. The van der Waals surface area contributed by atoms with Gasteiger partial charge in [0.05, 0.1) is 25.6 Å². The molecule has 4 nitrogen and oxygen atoms in total. The lowest BCUT2D eigenvalue weighted by Crippen LogP contribution is -1.99. The van der Waals surface area contributed by atoms with Crippen molar-refractivity contribution in [3.63, 3.8) is 0 Å². The average Bonchev–Trinajstić information content (AvgIpc) is 2.89. The molecule has 4 rings (SSSR count). The lowest BCUT2D eigenvalue weighted by molar-refractivity contribution is 0.416. The fraction of sp³-hybridized carbons (Fsp3) is 0.200. The van der Waals surface area contributed by atoms with Crippen LogP contribution in [0.25, 0.3) is 11.1 Å². The highest BCUT2D eigenvalue weighted by molar-refractivity contribution is 5.75. The van der Waals surface area contributed by atoms with Gasteiger partial charge in [-0.05, 0) is 71.5 Å². The summed E-state index contributed by atoms with van der Waals surface area (Å²) in [5, 5.41) is 7.07. The molecule has 2 N–H and O–H groups in total. The van der Waals surface area contributed by atoms with Gasteiger partial charge >= 0.3 is 0 Å². The number of rotatable bonds is 9. The van der Waals surface area contributed by atoms with Crippen LogP contribution in [0.4, 0.5) is 22.7 Å². The van der Waals surface area contributed by atoms with Crippen molar-refractivity contribution in [2.75, 3.05) is 24.9 Å². The zero-order valence-corrected chi connectivity index (χ0v) is 20.3. The SMILES string of the molecule is CCc1cccc(OC)c1Nc1ccc(-c2ccc(Nc3c(CC)cccc3OC)cc2)cc1. The van der Waals surface area contributed by atoms with Gasteiger partial charge in [0, 0.05) is 11.4 Å². The van der Waals surface area contributed by atoms with Gasteiger partial charge in [-0.1, -0.05) is 62.4 Å². The van der Waals surface area contributed by atoms with E-state index in [4.69, 9.17) is 9.47 Å². The predicted molar refractivity (Wildman–Crippen MR) is 143 cm³/mol. The van der Waals surface area contributed by atoms with Crippen LogP contribution in [0.3, 0.4) is 0 Å². The number of nitrogens with one attached hydrogen (secondary N) is 2. The highest BCUT2D eigenvalue weighted by Crippen LogP contribution is 2.34. The first-order valence-electron chi connectivity index (χ1n) is 11.7. The summed E-state index contributed by atoms with van der Waals surface area (Å²) in [5.41, 5.74) is 8.91. The van der Waals surface area contributed by atoms with Crippen LogP contribution in [-0.2, 0) is 12.8 Å². The molecule has 0 aliphatic carbocycles. The summed E-state index contributed by atoms with van der Waals surface area (Å²) in [6.07, 6.45) is 1.87. The molecule has 4 aromatic carbocycles. The molecular formula is C30H32N2O2. The third kappa shape index (κ3) is 5.01. The van der Waals surface area contributed by atoms with Gasteiger partial charge in [0.2, 0.25) is 0 Å². The Labute approximate surface area is 202 Å². The van der Waals surface area contributed by atoms with Gasteiger partial charge in [0.15, 0.2) is 0 Å². The van der Waals surface area contributed by atoms with Gasteiger partial charge in [-0.25, -0.2) is 0 Å².